The smallest absolute Gasteiger partial charge is 0.249 e. The van der Waals surface area contributed by atoms with Crippen molar-refractivity contribution in [3.63, 3.8) is 0 Å². The number of hydrogen-bond donors (Lipinski definition) is 1. The molecule has 2 aromatic rings. The number of carbonyl (C=O) groups excluding carboxylic acids is 1. The van der Waals surface area contributed by atoms with Gasteiger partial charge in [0.25, 0.3) is 0 Å². The predicted molar refractivity (Wildman–Crippen MR) is 75.4 cm³/mol. The zero-order valence-corrected chi connectivity index (χ0v) is 11.5. The number of aromatic nitrogens is 1. The molecule has 0 atom stereocenters. The molecule has 1 N–H and O–H groups in total. The Bertz CT molecular complexity index is 635. The lowest BCUT2D eigenvalue weighted by molar-refractivity contribution is -0.111. The monoisotopic (exact) mass is 296 g/mol. The van der Waals surface area contributed by atoms with Crippen molar-refractivity contribution in [3.05, 3.63) is 51.7 Å². The summed E-state index contributed by atoms with van der Waals surface area (Å²) in [6.07, 6.45) is 2.96. The number of benzene rings is 1. The van der Waals surface area contributed by atoms with Gasteiger partial charge < -0.3 is 9.84 Å². The van der Waals surface area contributed by atoms with E-state index in [1.54, 1.807) is 37.3 Å². The van der Waals surface area contributed by atoms with Crippen LogP contribution in [0.5, 0.6) is 0 Å². The van der Waals surface area contributed by atoms with E-state index in [0.29, 0.717) is 27.2 Å². The number of aryl methyl sites for hydroxylation is 1. The van der Waals surface area contributed by atoms with Gasteiger partial charge in [-0.3, -0.25) is 4.79 Å². The number of carbonyl (C=O) groups is 1. The fourth-order valence-corrected chi connectivity index (χ4v) is 1.87. The van der Waals surface area contributed by atoms with Crippen LogP contribution in [0.3, 0.4) is 0 Å². The second-order valence-corrected chi connectivity index (χ2v) is 4.65. The summed E-state index contributed by atoms with van der Waals surface area (Å²) >= 11 is 11.8. The maximum atomic E-state index is 11.6. The van der Waals surface area contributed by atoms with E-state index in [1.807, 2.05) is 0 Å². The van der Waals surface area contributed by atoms with E-state index in [2.05, 4.69) is 10.5 Å². The third-order valence-electron chi connectivity index (χ3n) is 2.26. The topological polar surface area (TPSA) is 55.1 Å². The van der Waals surface area contributed by atoms with Gasteiger partial charge in [-0.25, -0.2) is 0 Å². The van der Waals surface area contributed by atoms with Crippen molar-refractivity contribution in [3.8, 4) is 0 Å². The molecule has 0 aliphatic heterocycles. The molecule has 2 rings (SSSR count). The lowest BCUT2D eigenvalue weighted by Gasteiger charge is -1.99. The zero-order valence-electron chi connectivity index (χ0n) is 9.98. The van der Waals surface area contributed by atoms with E-state index in [1.165, 1.54) is 6.08 Å². The summed E-state index contributed by atoms with van der Waals surface area (Å²) in [6, 6.07) is 6.67. The highest BCUT2D eigenvalue weighted by Gasteiger charge is 2.03. The second kappa shape index (κ2) is 5.91. The van der Waals surface area contributed by atoms with Crippen LogP contribution >= 0.6 is 23.2 Å². The van der Waals surface area contributed by atoms with Gasteiger partial charge in [0.1, 0.15) is 5.76 Å². The van der Waals surface area contributed by atoms with Crippen LogP contribution in [-0.2, 0) is 4.79 Å². The number of halogens is 2. The molecule has 0 radical (unpaired) electrons. The van der Waals surface area contributed by atoms with Gasteiger partial charge in [-0.15, -0.1) is 0 Å². The maximum Gasteiger partial charge on any atom is 0.249 e. The Labute approximate surface area is 120 Å². The van der Waals surface area contributed by atoms with Crippen molar-refractivity contribution in [2.24, 2.45) is 0 Å². The highest BCUT2D eigenvalue weighted by Crippen LogP contribution is 2.22. The van der Waals surface area contributed by atoms with Crippen LogP contribution in [-0.4, -0.2) is 11.1 Å². The van der Waals surface area contributed by atoms with Crippen molar-refractivity contribution in [2.75, 3.05) is 5.32 Å². The van der Waals surface area contributed by atoms with Gasteiger partial charge in [-0.05, 0) is 30.7 Å². The molecule has 0 aliphatic rings. The van der Waals surface area contributed by atoms with Gasteiger partial charge in [0.15, 0.2) is 5.82 Å². The number of nitrogens with one attached hydrogen (secondary N) is 1. The van der Waals surface area contributed by atoms with Crippen LogP contribution in [0.1, 0.15) is 11.3 Å². The van der Waals surface area contributed by atoms with Crippen molar-refractivity contribution in [2.45, 2.75) is 6.92 Å². The Morgan fingerprint density at radius 3 is 2.79 bits per heavy atom. The average Bonchev–Trinajstić information content (AvgIpc) is 2.73. The lowest BCUT2D eigenvalue weighted by atomic mass is 10.2. The van der Waals surface area contributed by atoms with E-state index in [-0.39, 0.29) is 5.91 Å². The molecule has 1 aromatic carbocycles. The summed E-state index contributed by atoms with van der Waals surface area (Å²) in [5, 5.41) is 7.25. The molecule has 19 heavy (non-hydrogen) atoms. The molecule has 98 valence electrons. The minimum absolute atomic E-state index is 0.320. The van der Waals surface area contributed by atoms with Crippen LogP contribution in [0.15, 0.2) is 34.9 Å². The normalized spacial score (nSPS) is 10.9. The minimum atomic E-state index is -0.320. The van der Waals surface area contributed by atoms with Crippen LogP contribution in [0, 0.1) is 6.92 Å². The minimum Gasteiger partial charge on any atom is -0.360 e. The van der Waals surface area contributed by atoms with Crippen molar-refractivity contribution >= 4 is 41.0 Å². The maximum absolute atomic E-state index is 11.6. The van der Waals surface area contributed by atoms with Gasteiger partial charge in [-0.1, -0.05) is 34.4 Å². The van der Waals surface area contributed by atoms with Crippen LogP contribution < -0.4 is 5.32 Å². The summed E-state index contributed by atoms with van der Waals surface area (Å²) in [6.45, 7) is 1.74. The molecule has 0 aliphatic carbocycles. The quantitative estimate of drug-likeness (QED) is 0.873. The summed E-state index contributed by atoms with van der Waals surface area (Å²) in [5.74, 6) is 0.675. The van der Waals surface area contributed by atoms with E-state index in [0.717, 1.165) is 0 Å². The molecule has 0 spiro atoms. The highest BCUT2D eigenvalue weighted by atomic mass is 35.5. The molecule has 1 heterocycles. The summed E-state index contributed by atoms with van der Waals surface area (Å²) in [4.78, 5) is 11.6. The number of amides is 1. The Kier molecular flexibility index (Phi) is 4.24. The summed E-state index contributed by atoms with van der Waals surface area (Å²) in [5.41, 5.74) is 0.706. The van der Waals surface area contributed by atoms with Gasteiger partial charge in [0.05, 0.1) is 0 Å². The standard InChI is InChI=1S/C13H10Cl2N2O2/c1-8-6-12(17-19-8)16-13(18)5-3-9-2-4-10(14)7-11(9)15/h2-7H,1H3,(H,16,17,18). The average molecular weight is 297 g/mol. The first-order valence-electron chi connectivity index (χ1n) is 5.42. The molecule has 0 saturated heterocycles. The van der Waals surface area contributed by atoms with E-state index in [4.69, 9.17) is 27.7 Å². The SMILES string of the molecule is Cc1cc(NC(=O)C=Cc2ccc(Cl)cc2Cl)no1. The Morgan fingerprint density at radius 2 is 2.16 bits per heavy atom. The number of hydrogen-bond acceptors (Lipinski definition) is 3. The van der Waals surface area contributed by atoms with E-state index >= 15 is 0 Å². The molecule has 0 bridgehead atoms. The van der Waals surface area contributed by atoms with Gasteiger partial charge >= 0.3 is 0 Å². The molecule has 4 nitrogen and oxygen atoms in total. The number of nitrogens with zero attached hydrogens (tertiary/aromatic N) is 1. The molecular weight excluding hydrogens is 287 g/mol. The molecule has 0 fully saturated rings. The first-order chi connectivity index (χ1) is 9.04. The molecule has 1 amide bonds. The number of anilines is 1. The molecule has 0 saturated carbocycles. The van der Waals surface area contributed by atoms with Crippen molar-refractivity contribution in [1.29, 1.82) is 0 Å². The van der Waals surface area contributed by atoms with Crippen LogP contribution in [0.2, 0.25) is 10.0 Å². The Hall–Kier alpha value is -1.78. The Morgan fingerprint density at radius 1 is 1.37 bits per heavy atom. The van der Waals surface area contributed by atoms with Crippen molar-refractivity contribution < 1.29 is 9.32 Å². The fourth-order valence-electron chi connectivity index (χ4n) is 1.40. The third-order valence-corrected chi connectivity index (χ3v) is 2.82. The van der Waals surface area contributed by atoms with E-state index in [9.17, 15) is 4.79 Å². The first-order valence-corrected chi connectivity index (χ1v) is 6.17. The fraction of sp³-hybridized carbons (Fsp3) is 0.0769. The third kappa shape index (κ3) is 3.84. The largest absolute Gasteiger partial charge is 0.360 e. The zero-order chi connectivity index (χ0) is 13.8. The van der Waals surface area contributed by atoms with Gasteiger partial charge in [-0.2, -0.15) is 0 Å². The molecular formula is C13H10Cl2N2O2. The number of rotatable bonds is 3. The summed E-state index contributed by atoms with van der Waals surface area (Å²) in [7, 11) is 0. The Balaban J connectivity index is 2.03. The van der Waals surface area contributed by atoms with Crippen molar-refractivity contribution in [1.82, 2.24) is 5.16 Å². The second-order valence-electron chi connectivity index (χ2n) is 3.81. The summed E-state index contributed by atoms with van der Waals surface area (Å²) < 4.78 is 4.84. The molecule has 6 heteroatoms. The van der Waals surface area contributed by atoms with Crippen LogP contribution in [0.4, 0.5) is 5.82 Å². The van der Waals surface area contributed by atoms with Crippen LogP contribution in [0.25, 0.3) is 6.08 Å². The predicted octanol–water partition coefficient (Wildman–Crippen LogP) is 3.94. The molecule has 0 unspecified atom stereocenters. The van der Waals surface area contributed by atoms with Gasteiger partial charge in [0, 0.05) is 22.2 Å². The van der Waals surface area contributed by atoms with E-state index < -0.39 is 0 Å². The lowest BCUT2D eigenvalue weighted by Crippen LogP contribution is -2.07. The highest BCUT2D eigenvalue weighted by molar-refractivity contribution is 6.35. The van der Waals surface area contributed by atoms with Gasteiger partial charge in [0.2, 0.25) is 5.91 Å². The first kappa shape index (κ1) is 13.6. The molecule has 1 aromatic heterocycles.